The molecule has 31 heavy (non-hydrogen) atoms. The van der Waals surface area contributed by atoms with Crippen LogP contribution in [0.3, 0.4) is 0 Å². The van der Waals surface area contributed by atoms with E-state index in [1.165, 1.54) is 11.1 Å². The number of benzene rings is 2. The van der Waals surface area contributed by atoms with Crippen LogP contribution in [0.5, 0.6) is 0 Å². The van der Waals surface area contributed by atoms with Gasteiger partial charge in [0, 0.05) is 28.9 Å². The minimum absolute atomic E-state index is 0.0671. The molecule has 0 unspecified atom stereocenters. The van der Waals surface area contributed by atoms with Crippen molar-refractivity contribution in [1.82, 2.24) is 10.5 Å². The molecule has 4 rings (SSSR count). The van der Waals surface area contributed by atoms with Gasteiger partial charge in [0.15, 0.2) is 0 Å². The van der Waals surface area contributed by atoms with Gasteiger partial charge < -0.3 is 30.3 Å². The summed E-state index contributed by atoms with van der Waals surface area (Å²) < 4.78 is 7.60. The van der Waals surface area contributed by atoms with Crippen LogP contribution in [0.2, 0.25) is 13.6 Å². The molecule has 5 N–H and O–H groups in total. The predicted octanol–water partition coefficient (Wildman–Crippen LogP) is 2.87. The molecule has 2 aromatic rings. The second-order valence-electron chi connectivity index (χ2n) is 8.01. The zero-order valence-electron chi connectivity index (χ0n) is 17.8. The van der Waals surface area contributed by atoms with E-state index in [1.54, 1.807) is 20.8 Å². The lowest BCUT2D eigenvalue weighted by Gasteiger charge is -2.21. The highest BCUT2D eigenvalue weighted by molar-refractivity contribution is 9.10. The first kappa shape index (κ1) is 24.9. The molecule has 0 bridgehead atoms. The number of ether oxygens (including phenoxy) is 1. The Morgan fingerprint density at radius 1 is 0.871 bits per heavy atom. The van der Waals surface area contributed by atoms with Gasteiger partial charge in [0.05, 0.1) is 24.3 Å². The molecule has 0 aliphatic heterocycles. The SMILES string of the molecule is CB(O)N[C@@H]1c2cccc(Br)c2C[C@H]1O.CO[C@@H]1Cc2c(Br)cccc2[C@H]1NB(C)O. The number of hydrogen-bond acceptors (Lipinski definition) is 6. The van der Waals surface area contributed by atoms with Crippen LogP contribution in [-0.2, 0) is 17.6 Å². The highest BCUT2D eigenvalue weighted by Crippen LogP contribution is 2.37. The molecule has 4 atom stereocenters. The average molecular weight is 554 g/mol. The Hall–Kier alpha value is -0.710. The van der Waals surface area contributed by atoms with Crippen molar-refractivity contribution in [3.63, 3.8) is 0 Å². The quantitative estimate of drug-likeness (QED) is 0.366. The third kappa shape index (κ3) is 5.81. The van der Waals surface area contributed by atoms with Gasteiger partial charge in [0.25, 0.3) is 0 Å². The second-order valence-corrected chi connectivity index (χ2v) is 9.71. The van der Waals surface area contributed by atoms with Gasteiger partial charge in [-0.25, -0.2) is 0 Å². The van der Waals surface area contributed by atoms with Crippen molar-refractivity contribution >= 4 is 46.0 Å². The van der Waals surface area contributed by atoms with Crippen LogP contribution in [0.15, 0.2) is 45.3 Å². The highest BCUT2D eigenvalue weighted by atomic mass is 79.9. The Morgan fingerprint density at radius 2 is 1.35 bits per heavy atom. The number of aliphatic hydroxyl groups is 1. The largest absolute Gasteiger partial charge is 0.437 e. The van der Waals surface area contributed by atoms with Crippen LogP contribution in [0.25, 0.3) is 0 Å². The van der Waals surface area contributed by atoms with E-state index in [4.69, 9.17) is 4.74 Å². The third-order valence-electron chi connectivity index (χ3n) is 5.70. The van der Waals surface area contributed by atoms with Gasteiger partial charge in [0.1, 0.15) is 0 Å². The van der Waals surface area contributed by atoms with Crippen LogP contribution >= 0.6 is 31.9 Å². The molecule has 2 aliphatic rings. The lowest BCUT2D eigenvalue weighted by Crippen LogP contribution is -2.39. The fourth-order valence-electron chi connectivity index (χ4n) is 4.35. The van der Waals surface area contributed by atoms with Gasteiger partial charge in [0.2, 0.25) is 0 Å². The van der Waals surface area contributed by atoms with Crippen molar-refractivity contribution < 1.29 is 19.9 Å². The second kappa shape index (κ2) is 10.9. The van der Waals surface area contributed by atoms with Gasteiger partial charge in [-0.15, -0.1) is 0 Å². The monoisotopic (exact) mass is 552 g/mol. The van der Waals surface area contributed by atoms with Crippen molar-refractivity contribution in [2.75, 3.05) is 7.11 Å². The van der Waals surface area contributed by atoms with Gasteiger partial charge in [-0.05, 0) is 48.0 Å². The van der Waals surface area contributed by atoms with E-state index in [1.807, 2.05) is 30.3 Å². The summed E-state index contributed by atoms with van der Waals surface area (Å²) in [4.78, 5) is 0. The summed E-state index contributed by atoms with van der Waals surface area (Å²) in [7, 11) is 0.559. The Balaban J connectivity index is 0.000000176. The molecule has 2 aliphatic carbocycles. The zero-order chi connectivity index (χ0) is 22.7. The number of halogens is 2. The van der Waals surface area contributed by atoms with E-state index in [-0.39, 0.29) is 18.2 Å². The molecule has 0 radical (unpaired) electrons. The first-order valence-electron chi connectivity index (χ1n) is 10.4. The molecular weight excluding hydrogens is 526 g/mol. The molecule has 0 amide bonds. The highest BCUT2D eigenvalue weighted by Gasteiger charge is 2.35. The van der Waals surface area contributed by atoms with Crippen molar-refractivity contribution in [3.05, 3.63) is 67.6 Å². The van der Waals surface area contributed by atoms with Crippen LogP contribution < -0.4 is 10.5 Å². The summed E-state index contributed by atoms with van der Waals surface area (Å²) in [5.41, 5.74) is 4.68. The standard InChI is InChI=1S/C11H15BBrNO2.C10H13BBrNO2/c1-12(15)14-11-7-4-3-5-9(13)8(7)6-10(11)16-2;1-11(15)13-10-6-3-2-4-8(12)7(6)5-9(10)14/h3-5,10-11,14-15H,6H2,1-2H3;2-4,9-10,13-15H,5H2,1H3/t10-,11-;9-,10-/m11/s1. The number of aliphatic hydroxyl groups excluding tert-OH is 1. The maximum Gasteiger partial charge on any atom is 0.374 e. The lowest BCUT2D eigenvalue weighted by atomic mass is 9.86. The molecule has 0 saturated heterocycles. The summed E-state index contributed by atoms with van der Waals surface area (Å²) in [5, 5.41) is 34.7. The molecule has 10 heteroatoms. The Kier molecular flexibility index (Phi) is 8.80. The topological polar surface area (TPSA) is 94.0 Å². The number of rotatable bonds is 5. The van der Waals surface area contributed by atoms with Crippen LogP contribution in [0.4, 0.5) is 0 Å². The molecule has 2 aromatic carbocycles. The van der Waals surface area contributed by atoms with Crippen LogP contribution in [0, 0.1) is 0 Å². The van der Waals surface area contributed by atoms with E-state index in [2.05, 4.69) is 48.4 Å². The zero-order valence-corrected chi connectivity index (χ0v) is 21.0. The van der Waals surface area contributed by atoms with Crippen molar-refractivity contribution in [2.45, 2.75) is 50.8 Å². The van der Waals surface area contributed by atoms with Crippen LogP contribution in [0.1, 0.15) is 34.3 Å². The first-order valence-corrected chi connectivity index (χ1v) is 11.9. The summed E-state index contributed by atoms with van der Waals surface area (Å²) in [5.74, 6) is 0. The summed E-state index contributed by atoms with van der Waals surface area (Å²) in [6.45, 7) is 3.38. The van der Waals surface area contributed by atoms with Gasteiger partial charge >= 0.3 is 14.1 Å². The summed E-state index contributed by atoms with van der Waals surface area (Å²) in [6, 6.07) is 11.9. The van der Waals surface area contributed by atoms with Gasteiger partial charge in [-0.3, -0.25) is 0 Å². The Bertz CT molecular complexity index is 904. The molecule has 0 fully saturated rings. The fourth-order valence-corrected chi connectivity index (χ4v) is 5.44. The normalized spacial score (nSPS) is 23.6. The van der Waals surface area contributed by atoms with Gasteiger partial charge in [-0.1, -0.05) is 56.1 Å². The number of fused-ring (bicyclic) bond motifs is 2. The molecule has 0 aromatic heterocycles. The van der Waals surface area contributed by atoms with E-state index in [9.17, 15) is 15.2 Å². The van der Waals surface area contributed by atoms with E-state index < -0.39 is 20.2 Å². The van der Waals surface area contributed by atoms with Crippen molar-refractivity contribution in [1.29, 1.82) is 0 Å². The number of methoxy groups -OCH3 is 1. The summed E-state index contributed by atoms with van der Waals surface area (Å²) in [6.07, 6.45) is 1.12. The van der Waals surface area contributed by atoms with Crippen molar-refractivity contribution in [2.24, 2.45) is 0 Å². The molecule has 0 spiro atoms. The van der Waals surface area contributed by atoms with E-state index >= 15 is 0 Å². The van der Waals surface area contributed by atoms with Crippen molar-refractivity contribution in [3.8, 4) is 0 Å². The molecular formula is C21H28B2Br2N2O4. The maximum absolute atomic E-state index is 9.89. The minimum Gasteiger partial charge on any atom is -0.437 e. The number of hydrogen-bond donors (Lipinski definition) is 5. The molecule has 0 saturated carbocycles. The van der Waals surface area contributed by atoms with E-state index in [0.29, 0.717) is 6.42 Å². The average Bonchev–Trinajstić information content (AvgIpc) is 3.22. The maximum atomic E-state index is 9.89. The molecule has 6 nitrogen and oxygen atoms in total. The smallest absolute Gasteiger partial charge is 0.374 e. The third-order valence-corrected chi connectivity index (χ3v) is 7.19. The first-order chi connectivity index (χ1) is 14.7. The molecule has 166 valence electrons. The van der Waals surface area contributed by atoms with Gasteiger partial charge in [-0.2, -0.15) is 0 Å². The lowest BCUT2D eigenvalue weighted by molar-refractivity contribution is 0.0844. The number of nitrogens with one attached hydrogen (secondary N) is 2. The van der Waals surface area contributed by atoms with E-state index in [0.717, 1.165) is 26.5 Å². The Labute approximate surface area is 201 Å². The fraction of sp³-hybridized carbons (Fsp3) is 0.429. The predicted molar refractivity (Wildman–Crippen MR) is 132 cm³/mol. The van der Waals surface area contributed by atoms with Crippen LogP contribution in [-0.4, -0.2) is 48.6 Å². The molecule has 0 heterocycles. The summed E-state index contributed by atoms with van der Waals surface area (Å²) >= 11 is 7.02. The minimum atomic E-state index is -0.616. The Morgan fingerprint density at radius 3 is 1.87 bits per heavy atom.